The molecule has 0 aliphatic rings. The molecule has 9 heteroatoms. The summed E-state index contributed by atoms with van der Waals surface area (Å²) >= 11 is 0. The predicted molar refractivity (Wildman–Crippen MR) is 258 cm³/mol. The number of phosphoric ester groups is 1. The molecule has 0 aromatic carbocycles. The third kappa shape index (κ3) is 48.6. The van der Waals surface area contributed by atoms with Crippen molar-refractivity contribution in [2.45, 2.75) is 187 Å². The fourth-order valence-electron chi connectivity index (χ4n) is 6.19. The van der Waals surface area contributed by atoms with Crippen LogP contribution in [-0.2, 0) is 27.9 Å². The van der Waals surface area contributed by atoms with Crippen LogP contribution in [0, 0.1) is 0 Å². The number of hydrogen-bond donors (Lipinski definition) is 0. The van der Waals surface area contributed by atoms with Crippen molar-refractivity contribution >= 4 is 13.8 Å². The van der Waals surface area contributed by atoms with Crippen LogP contribution in [0.2, 0.25) is 0 Å². The van der Waals surface area contributed by atoms with E-state index in [1.807, 2.05) is 21.1 Å². The van der Waals surface area contributed by atoms with E-state index in [0.29, 0.717) is 24.1 Å². The first-order valence-electron chi connectivity index (χ1n) is 24.3. The van der Waals surface area contributed by atoms with Gasteiger partial charge in [0.05, 0.1) is 34.4 Å². The molecule has 0 aliphatic carbocycles. The summed E-state index contributed by atoms with van der Waals surface area (Å²) in [6, 6.07) is 0. The fraction of sp³-hybridized carbons (Fsp3) is 0.712. The van der Waals surface area contributed by atoms with Gasteiger partial charge in [0.15, 0.2) is 0 Å². The van der Waals surface area contributed by atoms with Gasteiger partial charge in [-0.25, -0.2) is 0 Å². The molecular weight excluding hydrogens is 782 g/mol. The molecule has 0 saturated heterocycles. The van der Waals surface area contributed by atoms with Gasteiger partial charge in [0.1, 0.15) is 19.3 Å². The molecule has 0 amide bonds. The molecule has 0 N–H and O–H groups in total. The first-order chi connectivity index (χ1) is 29.6. The number of likely N-dealkylation sites (N-methyl/N-ethyl adjacent to an activating group) is 1. The molecule has 0 saturated carbocycles. The maximum Gasteiger partial charge on any atom is 0.306 e. The van der Waals surface area contributed by atoms with E-state index in [2.05, 4.69) is 98.9 Å². The van der Waals surface area contributed by atoms with E-state index in [-0.39, 0.29) is 25.8 Å². The van der Waals surface area contributed by atoms with Gasteiger partial charge >= 0.3 is 5.97 Å². The fourth-order valence-corrected chi connectivity index (χ4v) is 6.92. The number of unbranched alkanes of at least 4 members (excludes halogenated alkanes) is 16. The molecule has 0 radical (unpaired) electrons. The van der Waals surface area contributed by atoms with Crippen molar-refractivity contribution < 1.29 is 37.3 Å². The van der Waals surface area contributed by atoms with Gasteiger partial charge < -0.3 is 27.9 Å². The van der Waals surface area contributed by atoms with Gasteiger partial charge in [-0.3, -0.25) is 9.36 Å². The molecule has 0 rings (SSSR count). The number of carbonyl (C=O) groups excluding carboxylic acids is 1. The molecule has 2 atom stereocenters. The van der Waals surface area contributed by atoms with E-state index >= 15 is 0 Å². The van der Waals surface area contributed by atoms with Crippen LogP contribution in [0.25, 0.3) is 0 Å². The molecule has 61 heavy (non-hydrogen) atoms. The van der Waals surface area contributed by atoms with Crippen LogP contribution in [-0.4, -0.2) is 70.7 Å². The monoisotopic (exact) mass is 874 g/mol. The van der Waals surface area contributed by atoms with Crippen molar-refractivity contribution in [1.29, 1.82) is 0 Å². The minimum atomic E-state index is -4.54. The van der Waals surface area contributed by atoms with Gasteiger partial charge in [-0.05, 0) is 89.9 Å². The van der Waals surface area contributed by atoms with Crippen LogP contribution in [0.4, 0.5) is 0 Å². The summed E-state index contributed by atoms with van der Waals surface area (Å²) < 4.78 is 34.6. The van der Waals surface area contributed by atoms with Crippen LogP contribution in [0.15, 0.2) is 85.1 Å². The lowest BCUT2D eigenvalue weighted by Gasteiger charge is -2.28. The van der Waals surface area contributed by atoms with Gasteiger partial charge in [-0.1, -0.05) is 170 Å². The summed E-state index contributed by atoms with van der Waals surface area (Å²) in [5.74, 6) is -0.354. The number of nitrogens with zero attached hydrogens (tertiary/aromatic N) is 1. The zero-order chi connectivity index (χ0) is 44.8. The Morgan fingerprint density at radius 3 is 1.44 bits per heavy atom. The third-order valence-electron chi connectivity index (χ3n) is 9.93. The summed E-state index contributed by atoms with van der Waals surface area (Å²) in [4.78, 5) is 25.1. The van der Waals surface area contributed by atoms with E-state index in [1.54, 1.807) is 0 Å². The molecule has 0 spiro atoms. The zero-order valence-electron chi connectivity index (χ0n) is 39.8. The maximum atomic E-state index is 12.7. The Morgan fingerprint density at radius 1 is 0.525 bits per heavy atom. The van der Waals surface area contributed by atoms with Crippen molar-refractivity contribution in [3.63, 3.8) is 0 Å². The number of ether oxygens (including phenoxy) is 2. The van der Waals surface area contributed by atoms with Crippen molar-refractivity contribution in [1.82, 2.24) is 0 Å². The first-order valence-corrected chi connectivity index (χ1v) is 25.8. The molecule has 2 unspecified atom stereocenters. The summed E-state index contributed by atoms with van der Waals surface area (Å²) in [5, 5.41) is 0. The zero-order valence-corrected chi connectivity index (χ0v) is 40.7. The summed E-state index contributed by atoms with van der Waals surface area (Å²) in [5.41, 5.74) is 0. The molecule has 0 bridgehead atoms. The van der Waals surface area contributed by atoms with Crippen LogP contribution in [0.5, 0.6) is 0 Å². The van der Waals surface area contributed by atoms with Crippen LogP contribution in [0.3, 0.4) is 0 Å². The number of hydrogen-bond acceptors (Lipinski definition) is 7. The Labute approximate surface area is 375 Å². The minimum absolute atomic E-state index is 0.0140. The number of carbonyl (C=O) groups is 1. The first kappa shape index (κ1) is 58.7. The number of rotatable bonds is 44. The highest BCUT2D eigenvalue weighted by Crippen LogP contribution is 2.38. The highest BCUT2D eigenvalue weighted by molar-refractivity contribution is 7.45. The largest absolute Gasteiger partial charge is 0.756 e. The average Bonchev–Trinajstić information content (AvgIpc) is 3.22. The molecule has 0 fully saturated rings. The summed E-state index contributed by atoms with van der Waals surface area (Å²) in [6.45, 7) is 5.19. The summed E-state index contributed by atoms with van der Waals surface area (Å²) in [6.07, 6.45) is 58.9. The number of allylic oxidation sites excluding steroid dienone is 14. The van der Waals surface area contributed by atoms with Gasteiger partial charge in [-0.2, -0.15) is 0 Å². The number of quaternary nitrogens is 1. The smallest absolute Gasteiger partial charge is 0.306 e. The lowest BCUT2D eigenvalue weighted by atomic mass is 10.1. The molecule has 8 nitrogen and oxygen atoms in total. The number of esters is 1. The lowest BCUT2D eigenvalue weighted by molar-refractivity contribution is -0.870. The Kier molecular flexibility index (Phi) is 42.6. The van der Waals surface area contributed by atoms with Crippen molar-refractivity contribution in [3.05, 3.63) is 85.1 Å². The van der Waals surface area contributed by atoms with Crippen molar-refractivity contribution in [3.8, 4) is 0 Å². The highest BCUT2D eigenvalue weighted by atomic mass is 31.2. The molecule has 0 heterocycles. The van der Waals surface area contributed by atoms with Crippen LogP contribution < -0.4 is 4.89 Å². The van der Waals surface area contributed by atoms with Gasteiger partial charge in [0.2, 0.25) is 0 Å². The molecule has 0 aromatic rings. The highest BCUT2D eigenvalue weighted by Gasteiger charge is 2.20. The maximum absolute atomic E-state index is 12.7. The normalized spacial score (nSPS) is 14.4. The Balaban J connectivity index is 4.28. The van der Waals surface area contributed by atoms with E-state index in [0.717, 1.165) is 83.5 Å². The Hall–Kier alpha value is -2.32. The van der Waals surface area contributed by atoms with Gasteiger partial charge in [0, 0.05) is 13.0 Å². The third-order valence-corrected chi connectivity index (χ3v) is 10.9. The van der Waals surface area contributed by atoms with Gasteiger partial charge in [-0.15, -0.1) is 0 Å². The van der Waals surface area contributed by atoms with E-state index in [9.17, 15) is 14.3 Å². The van der Waals surface area contributed by atoms with Gasteiger partial charge in [0.25, 0.3) is 7.82 Å². The SMILES string of the molecule is CC/C=C\C/C=C\C/C=C\C/C=C\C/C=C\C/C=C\CCCCCOCC(COP(=O)([O-])OCC[N+](C)(C)C)OC(=O)CCCCCCCCC/C=C\CCCCCCCC. The topological polar surface area (TPSA) is 94.1 Å². The van der Waals surface area contributed by atoms with E-state index in [1.165, 1.54) is 77.0 Å². The molecular formula is C52H92NO7P. The van der Waals surface area contributed by atoms with Crippen molar-refractivity contribution in [2.24, 2.45) is 0 Å². The average molecular weight is 874 g/mol. The minimum Gasteiger partial charge on any atom is -0.756 e. The standard InChI is InChI=1S/C52H92NO7P/c1-6-8-10-12-14-16-18-20-22-24-25-26-27-28-30-32-34-36-38-40-42-44-47-57-49-51(50-59-61(55,56)58-48-46-53(3,4)5)60-52(54)45-43-41-39-37-35-33-31-29-23-21-19-17-15-13-11-9-7-2/h8,10,14,16,20-23,25-26,28,30,34,36,51H,6-7,9,11-13,15,17-19,24,27,29,31-33,35,37-50H2,1-5H3/b10-8-,16-14-,22-20-,23-21-,26-25-,30-28-,36-34-. The van der Waals surface area contributed by atoms with E-state index < -0.39 is 13.9 Å². The second kappa shape index (κ2) is 44.3. The van der Waals surface area contributed by atoms with Crippen molar-refractivity contribution in [2.75, 3.05) is 54.1 Å². The second-order valence-corrected chi connectivity index (χ2v) is 18.5. The quantitative estimate of drug-likeness (QED) is 0.0198. The Morgan fingerprint density at radius 2 is 0.951 bits per heavy atom. The lowest BCUT2D eigenvalue weighted by Crippen LogP contribution is -2.37. The summed E-state index contributed by atoms with van der Waals surface area (Å²) in [7, 11) is 1.32. The number of phosphoric acid groups is 1. The van der Waals surface area contributed by atoms with E-state index in [4.69, 9.17) is 18.5 Å². The molecule has 0 aromatic heterocycles. The second-order valence-electron chi connectivity index (χ2n) is 17.1. The van der Waals surface area contributed by atoms with Crippen LogP contribution in [0.1, 0.15) is 181 Å². The molecule has 0 aliphatic heterocycles. The Bertz CT molecular complexity index is 1250. The predicted octanol–water partition coefficient (Wildman–Crippen LogP) is 14.2. The molecule has 352 valence electrons. The van der Waals surface area contributed by atoms with Crippen LogP contribution >= 0.6 is 7.82 Å².